The first-order valence-corrected chi connectivity index (χ1v) is 10.1. The van der Waals surface area contributed by atoms with Crippen LogP contribution in [0.15, 0.2) is 70.1 Å². The van der Waals surface area contributed by atoms with Crippen LogP contribution >= 0.6 is 0 Å². The number of amides is 1. The molecule has 5 rings (SSSR count). The van der Waals surface area contributed by atoms with Gasteiger partial charge in [0.2, 0.25) is 0 Å². The van der Waals surface area contributed by atoms with Crippen LogP contribution in [0.5, 0.6) is 0 Å². The highest BCUT2D eigenvalue weighted by molar-refractivity contribution is 5.96. The van der Waals surface area contributed by atoms with Crippen molar-refractivity contribution >= 4 is 22.7 Å². The molecule has 1 amide bonds. The Balaban J connectivity index is 1.33. The molecule has 4 aromatic rings. The van der Waals surface area contributed by atoms with Gasteiger partial charge >= 0.3 is 5.63 Å². The van der Waals surface area contributed by atoms with Gasteiger partial charge in [0.25, 0.3) is 5.91 Å². The third kappa shape index (κ3) is 3.68. The van der Waals surface area contributed by atoms with Crippen LogP contribution in [0.1, 0.15) is 16.2 Å². The Morgan fingerprint density at radius 2 is 1.65 bits per heavy atom. The summed E-state index contributed by atoms with van der Waals surface area (Å²) in [7, 11) is 0. The number of hydrogen-bond donors (Lipinski definition) is 0. The first-order valence-electron chi connectivity index (χ1n) is 10.1. The maximum absolute atomic E-state index is 13.0. The summed E-state index contributed by atoms with van der Waals surface area (Å²) < 4.78 is 7.27. The van der Waals surface area contributed by atoms with E-state index >= 15 is 0 Å². The van der Waals surface area contributed by atoms with E-state index in [4.69, 9.17) is 4.42 Å². The molecule has 156 valence electrons. The normalized spacial score (nSPS) is 14.2. The summed E-state index contributed by atoms with van der Waals surface area (Å²) in [6.45, 7) is 4.09. The molecule has 0 unspecified atom stereocenters. The zero-order valence-electron chi connectivity index (χ0n) is 17.1. The summed E-state index contributed by atoms with van der Waals surface area (Å²) in [5.74, 6) is 2.02. The Morgan fingerprint density at radius 3 is 2.42 bits per heavy atom. The summed E-state index contributed by atoms with van der Waals surface area (Å²) in [4.78, 5) is 38.2. The molecule has 1 aliphatic heterocycles. The van der Waals surface area contributed by atoms with Gasteiger partial charge in [0, 0.05) is 50.0 Å². The van der Waals surface area contributed by atoms with Gasteiger partial charge in [0.05, 0.1) is 0 Å². The van der Waals surface area contributed by atoms with Crippen LogP contribution in [-0.2, 0) is 0 Å². The van der Waals surface area contributed by atoms with E-state index in [-0.39, 0.29) is 11.5 Å². The molecule has 8 nitrogen and oxygen atoms in total. The molecule has 0 N–H and O–H groups in total. The highest BCUT2D eigenvalue weighted by Gasteiger charge is 2.26. The highest BCUT2D eigenvalue weighted by atomic mass is 16.4. The minimum atomic E-state index is -0.603. The first-order chi connectivity index (χ1) is 15.1. The summed E-state index contributed by atoms with van der Waals surface area (Å²) in [6, 6.07) is 14.6. The molecule has 0 aliphatic carbocycles. The van der Waals surface area contributed by atoms with Crippen molar-refractivity contribution in [2.45, 2.75) is 6.92 Å². The third-order valence-corrected chi connectivity index (χ3v) is 5.44. The number of para-hydroxylation sites is 1. The quantitative estimate of drug-likeness (QED) is 0.479. The topological polar surface area (TPSA) is 84.5 Å². The van der Waals surface area contributed by atoms with Crippen LogP contribution in [0.4, 0.5) is 5.82 Å². The number of hydrogen-bond acceptors (Lipinski definition) is 6. The largest absolute Gasteiger partial charge is 0.422 e. The van der Waals surface area contributed by atoms with E-state index in [0.29, 0.717) is 37.6 Å². The number of benzene rings is 1. The number of fused-ring (bicyclic) bond motifs is 1. The number of carbonyl (C=O) groups excluding carboxylic acids is 1. The Kier molecular flexibility index (Phi) is 4.74. The number of nitrogens with zero attached hydrogens (tertiary/aromatic N) is 5. The average molecular weight is 415 g/mol. The minimum absolute atomic E-state index is 0.0694. The average Bonchev–Trinajstić information content (AvgIpc) is 3.33. The van der Waals surface area contributed by atoms with Gasteiger partial charge in [0.1, 0.15) is 28.6 Å². The Labute approximate surface area is 178 Å². The maximum atomic E-state index is 13.0. The second kappa shape index (κ2) is 7.71. The van der Waals surface area contributed by atoms with E-state index in [1.54, 1.807) is 23.1 Å². The molecule has 1 aromatic carbocycles. The number of anilines is 1. The van der Waals surface area contributed by atoms with Crippen LogP contribution < -0.4 is 10.5 Å². The molecule has 3 aromatic heterocycles. The molecule has 0 saturated carbocycles. The standard InChI is InChI=1S/C23H21N5O3/c1-16-24-20(26-8-4-5-9-26)15-21(25-16)27-10-12-28(13-11-27)22(29)18-14-17-6-2-3-7-19(17)31-23(18)30/h2-9,14-15H,10-13H2,1H3. The van der Waals surface area contributed by atoms with E-state index < -0.39 is 5.63 Å². The Hall–Kier alpha value is -3.94. The lowest BCUT2D eigenvalue weighted by atomic mass is 10.1. The second-order valence-corrected chi connectivity index (χ2v) is 7.49. The van der Waals surface area contributed by atoms with Crippen molar-refractivity contribution in [1.82, 2.24) is 19.4 Å². The fourth-order valence-electron chi connectivity index (χ4n) is 3.84. The lowest BCUT2D eigenvalue weighted by Gasteiger charge is -2.35. The number of piperazine rings is 1. The number of rotatable bonds is 3. The molecule has 0 bridgehead atoms. The van der Waals surface area contributed by atoms with E-state index in [9.17, 15) is 9.59 Å². The molecule has 0 radical (unpaired) electrons. The lowest BCUT2D eigenvalue weighted by molar-refractivity contribution is 0.0742. The fourth-order valence-corrected chi connectivity index (χ4v) is 3.84. The van der Waals surface area contributed by atoms with Crippen LogP contribution in [0.3, 0.4) is 0 Å². The molecule has 8 heteroatoms. The van der Waals surface area contributed by atoms with E-state index in [1.807, 2.05) is 54.2 Å². The van der Waals surface area contributed by atoms with Gasteiger partial charge in [-0.2, -0.15) is 0 Å². The lowest BCUT2D eigenvalue weighted by Crippen LogP contribution is -2.49. The van der Waals surface area contributed by atoms with Crippen molar-refractivity contribution in [3.8, 4) is 5.82 Å². The summed E-state index contributed by atoms with van der Waals surface area (Å²) >= 11 is 0. The van der Waals surface area contributed by atoms with E-state index in [2.05, 4.69) is 14.9 Å². The predicted octanol–water partition coefficient (Wildman–Crippen LogP) is 2.64. The Bertz CT molecular complexity index is 1300. The molecule has 1 aliphatic rings. The van der Waals surface area contributed by atoms with Gasteiger partial charge in [-0.25, -0.2) is 14.8 Å². The Morgan fingerprint density at radius 1 is 0.935 bits per heavy atom. The van der Waals surface area contributed by atoms with Gasteiger partial charge in [0.15, 0.2) is 0 Å². The van der Waals surface area contributed by atoms with Crippen LogP contribution in [-0.4, -0.2) is 51.5 Å². The van der Waals surface area contributed by atoms with Gasteiger partial charge < -0.3 is 18.8 Å². The minimum Gasteiger partial charge on any atom is -0.422 e. The molecule has 1 fully saturated rings. The number of aryl methyl sites for hydroxylation is 1. The molecular formula is C23H21N5O3. The van der Waals surface area contributed by atoms with Crippen molar-refractivity contribution in [2.75, 3.05) is 31.1 Å². The van der Waals surface area contributed by atoms with Crippen molar-refractivity contribution in [3.05, 3.63) is 82.7 Å². The van der Waals surface area contributed by atoms with Gasteiger partial charge in [-0.05, 0) is 31.2 Å². The van der Waals surface area contributed by atoms with Gasteiger partial charge in [-0.1, -0.05) is 18.2 Å². The third-order valence-electron chi connectivity index (χ3n) is 5.44. The zero-order chi connectivity index (χ0) is 21.4. The molecule has 1 saturated heterocycles. The van der Waals surface area contributed by atoms with E-state index in [0.717, 1.165) is 17.0 Å². The van der Waals surface area contributed by atoms with E-state index in [1.165, 1.54) is 0 Å². The monoisotopic (exact) mass is 415 g/mol. The van der Waals surface area contributed by atoms with Crippen molar-refractivity contribution < 1.29 is 9.21 Å². The summed E-state index contributed by atoms with van der Waals surface area (Å²) in [6.07, 6.45) is 3.88. The molecule has 31 heavy (non-hydrogen) atoms. The predicted molar refractivity (Wildman–Crippen MR) is 117 cm³/mol. The summed E-state index contributed by atoms with van der Waals surface area (Å²) in [5, 5.41) is 0.734. The SMILES string of the molecule is Cc1nc(N2CCN(C(=O)c3cc4ccccc4oc3=O)CC2)cc(-n2cccc2)n1. The number of carbonyl (C=O) groups is 1. The number of aromatic nitrogens is 3. The maximum Gasteiger partial charge on any atom is 0.349 e. The van der Waals surface area contributed by atoms with Crippen LogP contribution in [0.25, 0.3) is 16.8 Å². The van der Waals surface area contributed by atoms with Gasteiger partial charge in [-0.15, -0.1) is 0 Å². The zero-order valence-corrected chi connectivity index (χ0v) is 17.1. The molecule has 4 heterocycles. The van der Waals surface area contributed by atoms with Crippen LogP contribution in [0.2, 0.25) is 0 Å². The highest BCUT2D eigenvalue weighted by Crippen LogP contribution is 2.19. The smallest absolute Gasteiger partial charge is 0.349 e. The first kappa shape index (κ1) is 19.0. The fraction of sp³-hybridized carbons (Fsp3) is 0.217. The second-order valence-electron chi connectivity index (χ2n) is 7.49. The summed E-state index contributed by atoms with van der Waals surface area (Å²) in [5.41, 5.74) is -0.0552. The molecular weight excluding hydrogens is 394 g/mol. The molecule has 0 atom stereocenters. The van der Waals surface area contributed by atoms with Crippen molar-refractivity contribution in [3.63, 3.8) is 0 Å². The van der Waals surface area contributed by atoms with Gasteiger partial charge in [-0.3, -0.25) is 4.79 Å². The van der Waals surface area contributed by atoms with Crippen molar-refractivity contribution in [1.29, 1.82) is 0 Å². The van der Waals surface area contributed by atoms with Crippen LogP contribution in [0, 0.1) is 6.92 Å². The van der Waals surface area contributed by atoms with Crippen molar-refractivity contribution in [2.24, 2.45) is 0 Å². The molecule has 0 spiro atoms.